The van der Waals surface area contributed by atoms with Gasteiger partial charge in [-0.3, -0.25) is 9.80 Å². The van der Waals surface area contributed by atoms with Gasteiger partial charge in [0, 0.05) is 6.54 Å². The van der Waals surface area contributed by atoms with Gasteiger partial charge in [0.2, 0.25) is 5.91 Å². The number of esters is 1. The molecule has 1 N–H and O–H groups in total. The van der Waals surface area contributed by atoms with Gasteiger partial charge >= 0.3 is 5.97 Å². The van der Waals surface area contributed by atoms with Gasteiger partial charge in [0.1, 0.15) is 6.04 Å². The summed E-state index contributed by atoms with van der Waals surface area (Å²) in [5.41, 5.74) is 7.51. The molecule has 1 unspecified atom stereocenters. The molecule has 5 nitrogen and oxygen atoms in total. The first-order valence-corrected chi connectivity index (χ1v) is 8.23. The number of benzene rings is 1. The summed E-state index contributed by atoms with van der Waals surface area (Å²) >= 11 is 0. The van der Waals surface area contributed by atoms with Crippen LogP contribution in [0.15, 0.2) is 12.1 Å². The van der Waals surface area contributed by atoms with Gasteiger partial charge in [-0.1, -0.05) is 17.7 Å². The molecule has 0 spiro atoms. The van der Waals surface area contributed by atoms with Crippen LogP contribution in [0.25, 0.3) is 0 Å². The minimum absolute atomic E-state index is 0.0854. The van der Waals surface area contributed by atoms with Gasteiger partial charge in [-0.25, -0.2) is 10.2 Å². The van der Waals surface area contributed by atoms with E-state index in [-0.39, 0.29) is 11.9 Å². The van der Waals surface area contributed by atoms with E-state index in [1.807, 2.05) is 13.8 Å². The normalized spacial score (nSPS) is 17.9. The van der Waals surface area contributed by atoms with Gasteiger partial charge in [0.25, 0.3) is 0 Å². The highest BCUT2D eigenvalue weighted by molar-refractivity contribution is 5.86. The number of nitrogens with one attached hydrogen (secondary N) is 1. The minimum Gasteiger partial charge on any atom is -0.464 e. The predicted octanol–water partition coefficient (Wildman–Crippen LogP) is 2.21. The van der Waals surface area contributed by atoms with Crippen molar-refractivity contribution in [1.29, 1.82) is 0 Å². The summed E-state index contributed by atoms with van der Waals surface area (Å²) in [7, 11) is 0. The number of rotatable bonds is 4. The third kappa shape index (κ3) is 4.10. The Hall–Kier alpha value is -1.88. The molecule has 126 valence electrons. The summed E-state index contributed by atoms with van der Waals surface area (Å²) < 4.78 is 5.10. The second-order valence-electron chi connectivity index (χ2n) is 6.14. The molecule has 0 aliphatic carbocycles. The van der Waals surface area contributed by atoms with Crippen molar-refractivity contribution in [1.82, 2.24) is 10.4 Å². The summed E-state index contributed by atoms with van der Waals surface area (Å²) in [5.74, 6) is -0.414. The maximum absolute atomic E-state index is 12.7. The van der Waals surface area contributed by atoms with Gasteiger partial charge < -0.3 is 4.74 Å². The number of aryl methyl sites for hydroxylation is 3. The second-order valence-corrected chi connectivity index (χ2v) is 6.14. The number of carbonyl (C=O) groups excluding carboxylic acids is 2. The minimum atomic E-state index is -0.526. The summed E-state index contributed by atoms with van der Waals surface area (Å²) in [6.45, 7) is 8.90. The Labute approximate surface area is 138 Å². The molecule has 1 aromatic rings. The first kappa shape index (κ1) is 17.5. The van der Waals surface area contributed by atoms with Crippen LogP contribution in [0.5, 0.6) is 0 Å². The van der Waals surface area contributed by atoms with Crippen molar-refractivity contribution in [2.24, 2.45) is 0 Å². The molecule has 0 bridgehead atoms. The van der Waals surface area contributed by atoms with Crippen LogP contribution in [0.3, 0.4) is 0 Å². The number of carbonyl (C=O) groups is 2. The zero-order chi connectivity index (χ0) is 17.0. The largest absolute Gasteiger partial charge is 0.464 e. The molecule has 0 saturated carbocycles. The molecule has 1 amide bonds. The van der Waals surface area contributed by atoms with Crippen LogP contribution in [0.1, 0.15) is 42.0 Å². The lowest BCUT2D eigenvalue weighted by atomic mass is 9.96. The lowest BCUT2D eigenvalue weighted by Crippen LogP contribution is -2.57. The SMILES string of the molecule is CCOC(=O)C1CCCNN1C(=O)Cc1c(C)cc(C)cc1C. The zero-order valence-electron chi connectivity index (χ0n) is 14.4. The van der Waals surface area contributed by atoms with E-state index >= 15 is 0 Å². The summed E-state index contributed by atoms with van der Waals surface area (Å²) in [4.78, 5) is 24.8. The molecule has 2 rings (SSSR count). The van der Waals surface area contributed by atoms with Gasteiger partial charge in [-0.2, -0.15) is 0 Å². The zero-order valence-corrected chi connectivity index (χ0v) is 14.4. The fourth-order valence-electron chi connectivity index (χ4n) is 3.18. The maximum atomic E-state index is 12.7. The molecule has 0 radical (unpaired) electrons. The Balaban J connectivity index is 2.16. The molecule has 23 heavy (non-hydrogen) atoms. The third-order valence-electron chi connectivity index (χ3n) is 4.24. The lowest BCUT2D eigenvalue weighted by molar-refractivity contribution is -0.159. The molecular weight excluding hydrogens is 292 g/mol. The topological polar surface area (TPSA) is 58.6 Å². The molecule has 1 aromatic carbocycles. The number of amides is 1. The Morgan fingerprint density at radius 2 is 1.91 bits per heavy atom. The highest BCUT2D eigenvalue weighted by atomic mass is 16.5. The molecule has 5 heteroatoms. The van der Waals surface area contributed by atoms with Crippen molar-refractivity contribution < 1.29 is 14.3 Å². The molecule has 1 saturated heterocycles. The van der Waals surface area contributed by atoms with E-state index in [1.165, 1.54) is 10.6 Å². The van der Waals surface area contributed by atoms with Crippen LogP contribution in [0, 0.1) is 20.8 Å². The van der Waals surface area contributed by atoms with E-state index in [4.69, 9.17) is 4.74 Å². The van der Waals surface area contributed by atoms with Crippen LogP contribution in [0.4, 0.5) is 0 Å². The first-order valence-electron chi connectivity index (χ1n) is 8.23. The van der Waals surface area contributed by atoms with Gasteiger partial charge in [0.15, 0.2) is 0 Å². The van der Waals surface area contributed by atoms with Crippen molar-refractivity contribution in [3.8, 4) is 0 Å². The number of hydrogen-bond acceptors (Lipinski definition) is 4. The molecule has 1 heterocycles. The van der Waals surface area contributed by atoms with E-state index in [9.17, 15) is 9.59 Å². The summed E-state index contributed by atoms with van der Waals surface area (Å²) in [5, 5.41) is 1.47. The van der Waals surface area contributed by atoms with Crippen molar-refractivity contribution in [2.75, 3.05) is 13.2 Å². The van der Waals surface area contributed by atoms with E-state index in [0.29, 0.717) is 26.0 Å². The number of hydrazine groups is 1. The molecule has 1 atom stereocenters. The highest BCUT2D eigenvalue weighted by Crippen LogP contribution is 2.20. The number of hydrogen-bond donors (Lipinski definition) is 1. The van der Waals surface area contributed by atoms with Crippen LogP contribution in [0.2, 0.25) is 0 Å². The van der Waals surface area contributed by atoms with Crippen LogP contribution < -0.4 is 5.43 Å². The highest BCUT2D eigenvalue weighted by Gasteiger charge is 2.33. The quantitative estimate of drug-likeness (QED) is 0.865. The van der Waals surface area contributed by atoms with Gasteiger partial charge in [-0.05, 0) is 57.2 Å². The third-order valence-corrected chi connectivity index (χ3v) is 4.24. The lowest BCUT2D eigenvalue weighted by Gasteiger charge is -2.34. The number of nitrogens with zero attached hydrogens (tertiary/aromatic N) is 1. The molecular formula is C18H26N2O3. The fourth-order valence-corrected chi connectivity index (χ4v) is 3.18. The Bertz CT molecular complexity index is 575. The molecule has 1 aliphatic rings. The number of ether oxygens (including phenoxy) is 1. The van der Waals surface area contributed by atoms with Gasteiger partial charge in [-0.15, -0.1) is 0 Å². The van der Waals surface area contributed by atoms with E-state index in [2.05, 4.69) is 24.5 Å². The Morgan fingerprint density at radius 3 is 2.52 bits per heavy atom. The molecule has 1 aliphatic heterocycles. The van der Waals surface area contributed by atoms with Gasteiger partial charge in [0.05, 0.1) is 13.0 Å². The Morgan fingerprint density at radius 1 is 1.26 bits per heavy atom. The monoisotopic (exact) mass is 318 g/mol. The van der Waals surface area contributed by atoms with Crippen molar-refractivity contribution in [2.45, 2.75) is 53.0 Å². The fraction of sp³-hybridized carbons (Fsp3) is 0.556. The standard InChI is InChI=1S/C18H26N2O3/c1-5-23-18(22)16-7-6-8-19-20(16)17(21)11-15-13(3)9-12(2)10-14(15)4/h9-10,16,19H,5-8,11H2,1-4H3. The van der Waals surface area contributed by atoms with E-state index in [0.717, 1.165) is 23.1 Å². The van der Waals surface area contributed by atoms with Crippen molar-refractivity contribution in [3.63, 3.8) is 0 Å². The van der Waals surface area contributed by atoms with Crippen LogP contribution >= 0.6 is 0 Å². The smallest absolute Gasteiger partial charge is 0.330 e. The average Bonchev–Trinajstić information content (AvgIpc) is 2.51. The first-order chi connectivity index (χ1) is 10.9. The van der Waals surface area contributed by atoms with Crippen molar-refractivity contribution in [3.05, 3.63) is 34.4 Å². The van der Waals surface area contributed by atoms with E-state index in [1.54, 1.807) is 6.92 Å². The van der Waals surface area contributed by atoms with Crippen LogP contribution in [-0.2, 0) is 20.7 Å². The second kappa shape index (κ2) is 7.59. The Kier molecular flexibility index (Phi) is 5.77. The molecule has 1 fully saturated rings. The maximum Gasteiger partial charge on any atom is 0.330 e. The predicted molar refractivity (Wildman–Crippen MR) is 88.9 cm³/mol. The van der Waals surface area contributed by atoms with Crippen LogP contribution in [-0.4, -0.2) is 36.1 Å². The summed E-state index contributed by atoms with van der Waals surface area (Å²) in [6.07, 6.45) is 1.79. The van der Waals surface area contributed by atoms with Crippen molar-refractivity contribution >= 4 is 11.9 Å². The summed E-state index contributed by atoms with van der Waals surface area (Å²) in [6, 6.07) is 3.65. The molecule has 0 aromatic heterocycles. The average molecular weight is 318 g/mol. The van der Waals surface area contributed by atoms with E-state index < -0.39 is 6.04 Å².